The van der Waals surface area contributed by atoms with Crippen molar-refractivity contribution in [1.82, 2.24) is 0 Å². The average Bonchev–Trinajstić information content (AvgIpc) is 2.71. The molecule has 0 bridgehead atoms. The Hall–Kier alpha value is -2.75. The standard InChI is InChI=1S/C23H23NO3/c25-21(13-10-15-6-2-1-3-7-15)24-16-11-12-19-20(14-16)23(27)18-9-5-4-8-17(18)22(19)26/h4-5,8-9,11-12,14-15H,1-3,6-7,10,13H2,(H,24,25). The van der Waals surface area contributed by atoms with E-state index in [0.717, 1.165) is 6.42 Å². The Morgan fingerprint density at radius 1 is 0.852 bits per heavy atom. The molecule has 138 valence electrons. The molecule has 4 rings (SSSR count). The first-order valence-electron chi connectivity index (χ1n) is 9.76. The number of carbonyl (C=O) groups is 3. The third-order valence-corrected chi connectivity index (χ3v) is 5.71. The normalized spacial score (nSPS) is 16.6. The maximum Gasteiger partial charge on any atom is 0.224 e. The maximum absolute atomic E-state index is 12.8. The van der Waals surface area contributed by atoms with Gasteiger partial charge in [-0.05, 0) is 30.5 Å². The van der Waals surface area contributed by atoms with E-state index < -0.39 is 0 Å². The van der Waals surface area contributed by atoms with Crippen LogP contribution in [0.15, 0.2) is 42.5 Å². The van der Waals surface area contributed by atoms with Gasteiger partial charge in [0.05, 0.1) is 0 Å². The van der Waals surface area contributed by atoms with Gasteiger partial charge in [0.2, 0.25) is 5.91 Å². The molecule has 0 spiro atoms. The van der Waals surface area contributed by atoms with Crippen molar-refractivity contribution in [2.24, 2.45) is 5.92 Å². The number of anilines is 1. The lowest BCUT2D eigenvalue weighted by molar-refractivity contribution is -0.116. The number of carbonyl (C=O) groups excluding carboxylic acids is 3. The van der Waals surface area contributed by atoms with Gasteiger partial charge in [0.25, 0.3) is 0 Å². The first-order chi connectivity index (χ1) is 13.1. The fraction of sp³-hybridized carbons (Fsp3) is 0.348. The van der Waals surface area contributed by atoms with E-state index in [9.17, 15) is 14.4 Å². The van der Waals surface area contributed by atoms with Gasteiger partial charge >= 0.3 is 0 Å². The molecule has 2 aromatic rings. The zero-order chi connectivity index (χ0) is 18.8. The molecule has 2 aromatic carbocycles. The van der Waals surface area contributed by atoms with Crippen molar-refractivity contribution >= 4 is 23.2 Å². The molecule has 1 N–H and O–H groups in total. The summed E-state index contributed by atoms with van der Waals surface area (Å²) in [5.41, 5.74) is 2.21. The van der Waals surface area contributed by atoms with Crippen LogP contribution in [0.25, 0.3) is 0 Å². The third-order valence-electron chi connectivity index (χ3n) is 5.71. The summed E-state index contributed by atoms with van der Waals surface area (Å²) in [5.74, 6) is 0.313. The monoisotopic (exact) mass is 361 g/mol. The molecule has 0 unspecified atom stereocenters. The van der Waals surface area contributed by atoms with E-state index in [1.54, 1.807) is 42.5 Å². The zero-order valence-corrected chi connectivity index (χ0v) is 15.3. The van der Waals surface area contributed by atoms with E-state index >= 15 is 0 Å². The zero-order valence-electron chi connectivity index (χ0n) is 15.3. The Kier molecular flexibility index (Phi) is 4.88. The van der Waals surface area contributed by atoms with Gasteiger partial charge in [-0.15, -0.1) is 0 Å². The molecule has 0 heterocycles. The van der Waals surface area contributed by atoms with Crippen LogP contribution in [0.4, 0.5) is 5.69 Å². The summed E-state index contributed by atoms with van der Waals surface area (Å²) in [5, 5.41) is 2.89. The lowest BCUT2D eigenvalue weighted by Gasteiger charge is -2.21. The Labute approximate surface area is 159 Å². The van der Waals surface area contributed by atoms with Gasteiger partial charge in [0, 0.05) is 34.4 Å². The SMILES string of the molecule is O=C(CCC1CCCCC1)Nc1ccc2c(c1)C(=O)c1ccccc1C2=O. The van der Waals surface area contributed by atoms with Gasteiger partial charge in [-0.1, -0.05) is 56.4 Å². The Balaban J connectivity index is 1.47. The second-order valence-corrected chi connectivity index (χ2v) is 7.56. The van der Waals surface area contributed by atoms with Crippen molar-refractivity contribution in [2.45, 2.75) is 44.9 Å². The highest BCUT2D eigenvalue weighted by atomic mass is 16.2. The van der Waals surface area contributed by atoms with Crippen molar-refractivity contribution in [2.75, 3.05) is 5.32 Å². The number of ketones is 2. The molecule has 2 aliphatic rings. The molecule has 1 amide bonds. The number of rotatable bonds is 4. The van der Waals surface area contributed by atoms with Crippen LogP contribution >= 0.6 is 0 Å². The minimum absolute atomic E-state index is 0.0319. The molecule has 1 saturated carbocycles. The molecular formula is C23H23NO3. The van der Waals surface area contributed by atoms with E-state index in [4.69, 9.17) is 0 Å². The van der Waals surface area contributed by atoms with Gasteiger partial charge in [-0.3, -0.25) is 14.4 Å². The van der Waals surface area contributed by atoms with Crippen LogP contribution in [0.2, 0.25) is 0 Å². The Morgan fingerprint density at radius 3 is 2.19 bits per heavy atom. The highest BCUT2D eigenvalue weighted by Gasteiger charge is 2.29. The van der Waals surface area contributed by atoms with E-state index in [1.165, 1.54) is 32.1 Å². The predicted molar refractivity (Wildman–Crippen MR) is 104 cm³/mol. The molecular weight excluding hydrogens is 338 g/mol. The van der Waals surface area contributed by atoms with Gasteiger partial charge in [0.1, 0.15) is 0 Å². The summed E-state index contributed by atoms with van der Waals surface area (Å²) < 4.78 is 0. The molecule has 0 saturated heterocycles. The van der Waals surface area contributed by atoms with Crippen LogP contribution in [-0.2, 0) is 4.79 Å². The molecule has 1 fully saturated rings. The number of nitrogens with one attached hydrogen (secondary N) is 1. The van der Waals surface area contributed by atoms with Crippen molar-refractivity contribution in [3.63, 3.8) is 0 Å². The van der Waals surface area contributed by atoms with Crippen LogP contribution in [0.3, 0.4) is 0 Å². The second kappa shape index (κ2) is 7.47. The highest BCUT2D eigenvalue weighted by Crippen LogP contribution is 2.30. The second-order valence-electron chi connectivity index (χ2n) is 7.56. The minimum atomic E-state index is -0.168. The molecule has 0 aromatic heterocycles. The maximum atomic E-state index is 12.8. The predicted octanol–water partition coefficient (Wildman–Crippen LogP) is 4.76. The molecule has 0 aliphatic heterocycles. The lowest BCUT2D eigenvalue weighted by atomic mass is 9.84. The van der Waals surface area contributed by atoms with Crippen LogP contribution in [-0.4, -0.2) is 17.5 Å². The Bertz CT molecular complexity index is 910. The van der Waals surface area contributed by atoms with Crippen LogP contribution in [0.1, 0.15) is 76.8 Å². The fourth-order valence-electron chi connectivity index (χ4n) is 4.21. The van der Waals surface area contributed by atoms with Crippen LogP contribution < -0.4 is 5.32 Å². The van der Waals surface area contributed by atoms with Crippen molar-refractivity contribution in [1.29, 1.82) is 0 Å². The molecule has 0 radical (unpaired) electrons. The topological polar surface area (TPSA) is 63.2 Å². The van der Waals surface area contributed by atoms with E-state index in [1.807, 2.05) is 0 Å². The van der Waals surface area contributed by atoms with Gasteiger partial charge < -0.3 is 5.32 Å². The Morgan fingerprint density at radius 2 is 1.48 bits per heavy atom. The van der Waals surface area contributed by atoms with Gasteiger partial charge in [0.15, 0.2) is 11.6 Å². The van der Waals surface area contributed by atoms with E-state index in [0.29, 0.717) is 40.3 Å². The summed E-state index contributed by atoms with van der Waals surface area (Å²) in [6.45, 7) is 0. The number of benzene rings is 2. The fourth-order valence-corrected chi connectivity index (χ4v) is 4.21. The third kappa shape index (κ3) is 3.57. The first-order valence-corrected chi connectivity index (χ1v) is 9.76. The molecule has 2 aliphatic carbocycles. The van der Waals surface area contributed by atoms with E-state index in [2.05, 4.69) is 5.32 Å². The van der Waals surface area contributed by atoms with Gasteiger partial charge in [-0.2, -0.15) is 0 Å². The summed E-state index contributed by atoms with van der Waals surface area (Å²) in [6.07, 6.45) is 7.72. The number of hydrogen-bond donors (Lipinski definition) is 1. The number of fused-ring (bicyclic) bond motifs is 2. The quantitative estimate of drug-likeness (QED) is 0.729. The summed E-state index contributed by atoms with van der Waals surface area (Å²) in [6, 6.07) is 11.8. The number of amides is 1. The summed E-state index contributed by atoms with van der Waals surface area (Å²) >= 11 is 0. The smallest absolute Gasteiger partial charge is 0.224 e. The van der Waals surface area contributed by atoms with Crippen molar-refractivity contribution < 1.29 is 14.4 Å². The molecule has 4 heteroatoms. The minimum Gasteiger partial charge on any atom is -0.326 e. The van der Waals surface area contributed by atoms with Crippen molar-refractivity contribution in [3.8, 4) is 0 Å². The van der Waals surface area contributed by atoms with Gasteiger partial charge in [-0.25, -0.2) is 0 Å². The largest absolute Gasteiger partial charge is 0.326 e. The molecule has 4 nitrogen and oxygen atoms in total. The van der Waals surface area contributed by atoms with E-state index in [-0.39, 0.29) is 17.5 Å². The summed E-state index contributed by atoms with van der Waals surface area (Å²) in [4.78, 5) is 37.7. The van der Waals surface area contributed by atoms with Crippen molar-refractivity contribution in [3.05, 3.63) is 64.7 Å². The van der Waals surface area contributed by atoms with Crippen LogP contribution in [0.5, 0.6) is 0 Å². The summed E-state index contributed by atoms with van der Waals surface area (Å²) in [7, 11) is 0. The molecule has 0 atom stereocenters. The lowest BCUT2D eigenvalue weighted by Crippen LogP contribution is -2.21. The first kappa shape index (κ1) is 17.7. The highest BCUT2D eigenvalue weighted by molar-refractivity contribution is 6.28. The number of hydrogen-bond acceptors (Lipinski definition) is 3. The van der Waals surface area contributed by atoms with Crippen LogP contribution in [0, 0.1) is 5.92 Å². The molecule has 27 heavy (non-hydrogen) atoms. The average molecular weight is 361 g/mol.